The largest absolute Gasteiger partial charge is 3.00 e. The van der Waals surface area contributed by atoms with Gasteiger partial charge in [0.1, 0.15) is 0 Å². The average molecular weight is 738 g/mol. The Bertz CT molecular complexity index is 2090. The molecule has 214 valence electrons. The van der Waals surface area contributed by atoms with E-state index in [1.165, 1.54) is 54.8 Å². The van der Waals surface area contributed by atoms with E-state index in [0.29, 0.717) is 6.04 Å². The fourth-order valence-corrected chi connectivity index (χ4v) is 5.81. The standard InChI is InChI=1S/C24H19N3.C14H14N.Ir/c1-16(2)25-13-14-26(15-25)22-12-11-18-17-7-3-5-9-20(17)27-21-10-6-4-8-19(21)23(22)24(18)27;1-10-4-6-13(7-5-10)14-8-11(2)12(3)9-15-14;/h3-11,13-16H,1-2H3;4-6,8-9H,1-3H3;/q-2;-1;+3. The molecule has 5 heteroatoms. The summed E-state index contributed by atoms with van der Waals surface area (Å²) in [7, 11) is 0. The Morgan fingerprint density at radius 1 is 0.767 bits per heavy atom. The van der Waals surface area contributed by atoms with Crippen LogP contribution in [0.5, 0.6) is 0 Å². The quantitative estimate of drug-likeness (QED) is 0.169. The fourth-order valence-electron chi connectivity index (χ4n) is 5.81. The van der Waals surface area contributed by atoms with Crippen LogP contribution in [0.1, 0.15) is 30.5 Å². The number of hydrogen-bond donors (Lipinski definition) is 0. The summed E-state index contributed by atoms with van der Waals surface area (Å²) in [5, 5.41) is 5.10. The third kappa shape index (κ3) is 4.97. The molecule has 0 aliphatic carbocycles. The number of rotatable bonds is 3. The van der Waals surface area contributed by atoms with Crippen LogP contribution in [0.15, 0.2) is 97.5 Å². The van der Waals surface area contributed by atoms with Crippen molar-refractivity contribution in [2.75, 3.05) is 4.90 Å². The molecule has 1 aliphatic heterocycles. The van der Waals surface area contributed by atoms with Gasteiger partial charge in [0.15, 0.2) is 0 Å². The Morgan fingerprint density at radius 3 is 2.16 bits per heavy atom. The minimum atomic E-state index is 0. The minimum absolute atomic E-state index is 0. The zero-order chi connectivity index (χ0) is 29.0. The summed E-state index contributed by atoms with van der Waals surface area (Å²) in [6.07, 6.45) is 6.17. The predicted octanol–water partition coefficient (Wildman–Crippen LogP) is 9.23. The van der Waals surface area contributed by atoms with Crippen molar-refractivity contribution in [1.29, 1.82) is 0 Å². The second-order valence-electron chi connectivity index (χ2n) is 11.4. The molecule has 0 radical (unpaired) electrons. The summed E-state index contributed by atoms with van der Waals surface area (Å²) in [6.45, 7) is 12.8. The van der Waals surface area contributed by atoms with Gasteiger partial charge in [-0.3, -0.25) is 0 Å². The van der Waals surface area contributed by atoms with Crippen LogP contribution < -0.4 is 4.90 Å². The van der Waals surface area contributed by atoms with Gasteiger partial charge in [-0.1, -0.05) is 66.0 Å². The maximum Gasteiger partial charge on any atom is 3.00 e. The van der Waals surface area contributed by atoms with Crippen molar-refractivity contribution in [1.82, 2.24) is 14.3 Å². The Labute approximate surface area is 267 Å². The molecule has 0 saturated carbocycles. The van der Waals surface area contributed by atoms with Crippen LogP contribution in [-0.4, -0.2) is 20.3 Å². The van der Waals surface area contributed by atoms with Gasteiger partial charge in [0.2, 0.25) is 0 Å². The maximum atomic E-state index is 4.41. The third-order valence-electron chi connectivity index (χ3n) is 8.28. The summed E-state index contributed by atoms with van der Waals surface area (Å²) < 4.78 is 2.41. The van der Waals surface area contributed by atoms with Crippen molar-refractivity contribution in [3.05, 3.63) is 133 Å². The predicted molar refractivity (Wildman–Crippen MR) is 176 cm³/mol. The number of nitrogens with zero attached hydrogens (tertiary/aromatic N) is 4. The first-order valence-corrected chi connectivity index (χ1v) is 14.5. The second kappa shape index (κ2) is 11.5. The van der Waals surface area contributed by atoms with Gasteiger partial charge in [0, 0.05) is 17.2 Å². The van der Waals surface area contributed by atoms with Crippen LogP contribution in [0, 0.1) is 39.6 Å². The van der Waals surface area contributed by atoms with Gasteiger partial charge in [-0.2, -0.15) is 18.8 Å². The van der Waals surface area contributed by atoms with E-state index in [9.17, 15) is 0 Å². The number of para-hydroxylation sites is 2. The van der Waals surface area contributed by atoms with Crippen LogP contribution >= 0.6 is 0 Å². The van der Waals surface area contributed by atoms with Crippen molar-refractivity contribution in [3.63, 3.8) is 0 Å². The van der Waals surface area contributed by atoms with Gasteiger partial charge in [0.05, 0.1) is 0 Å². The van der Waals surface area contributed by atoms with Gasteiger partial charge in [0.25, 0.3) is 0 Å². The molecular weight excluding hydrogens is 705 g/mol. The molecule has 8 rings (SSSR count). The van der Waals surface area contributed by atoms with E-state index in [1.807, 2.05) is 12.3 Å². The molecule has 4 heterocycles. The van der Waals surface area contributed by atoms with E-state index in [2.05, 4.69) is 158 Å². The normalized spacial score (nSPS) is 13.0. The first kappa shape index (κ1) is 28.9. The minimum Gasteiger partial charge on any atom is -0.506 e. The molecule has 7 aromatic rings. The first-order valence-electron chi connectivity index (χ1n) is 14.5. The van der Waals surface area contributed by atoms with Gasteiger partial charge >= 0.3 is 20.1 Å². The summed E-state index contributed by atoms with van der Waals surface area (Å²) in [5.74, 6) is 0. The Balaban J connectivity index is 0.000000176. The van der Waals surface area contributed by atoms with Crippen LogP contribution in [0.3, 0.4) is 0 Å². The van der Waals surface area contributed by atoms with Gasteiger partial charge in [-0.25, -0.2) is 0 Å². The van der Waals surface area contributed by atoms with Crippen LogP contribution in [0.2, 0.25) is 0 Å². The molecule has 3 aromatic heterocycles. The fraction of sp³-hybridized carbons (Fsp3) is 0.158. The third-order valence-corrected chi connectivity index (χ3v) is 8.28. The van der Waals surface area contributed by atoms with Crippen LogP contribution in [0.25, 0.3) is 49.4 Å². The van der Waals surface area contributed by atoms with E-state index < -0.39 is 0 Å². The van der Waals surface area contributed by atoms with Crippen molar-refractivity contribution in [2.45, 2.75) is 40.7 Å². The zero-order valence-electron chi connectivity index (χ0n) is 25.0. The molecule has 0 amide bonds. The Hall–Kier alpha value is -4.18. The zero-order valence-corrected chi connectivity index (χ0v) is 27.4. The Morgan fingerprint density at radius 2 is 1.49 bits per heavy atom. The van der Waals surface area contributed by atoms with Crippen molar-refractivity contribution in [3.8, 4) is 11.3 Å². The molecule has 4 nitrogen and oxygen atoms in total. The molecule has 0 unspecified atom stereocenters. The molecule has 0 spiro atoms. The van der Waals surface area contributed by atoms with E-state index in [4.69, 9.17) is 0 Å². The Kier molecular flexibility index (Phi) is 7.72. The first-order chi connectivity index (χ1) is 20.4. The smallest absolute Gasteiger partial charge is 0.506 e. The molecule has 4 aromatic carbocycles. The van der Waals surface area contributed by atoms with E-state index in [0.717, 1.165) is 16.9 Å². The van der Waals surface area contributed by atoms with E-state index >= 15 is 0 Å². The molecule has 0 N–H and O–H groups in total. The number of anilines is 1. The van der Waals surface area contributed by atoms with Gasteiger partial charge < -0.3 is 19.2 Å². The number of fused-ring (bicyclic) bond motifs is 6. The number of benzene rings is 4. The molecule has 43 heavy (non-hydrogen) atoms. The molecule has 0 atom stereocenters. The summed E-state index contributed by atoms with van der Waals surface area (Å²) in [6, 6.07) is 35.0. The van der Waals surface area contributed by atoms with Crippen LogP contribution in [0.4, 0.5) is 5.69 Å². The summed E-state index contributed by atoms with van der Waals surface area (Å²) in [5.41, 5.74) is 10.7. The number of aryl methyl sites for hydroxylation is 3. The molecular formula is C38H33IrN4. The molecule has 0 fully saturated rings. The SMILES string of the molecule is CC(C)N1C=CN(c2[c-]cc3c4ccccc4n4c5ccccc5c2c34)[CH-]1.Cc1c[c-]c(-c2cc(C)c(C)cn2)cc1.[Ir+3]. The van der Waals surface area contributed by atoms with Crippen molar-refractivity contribution < 1.29 is 20.1 Å². The molecule has 1 aliphatic rings. The second-order valence-corrected chi connectivity index (χ2v) is 11.4. The number of hydrogen-bond acceptors (Lipinski definition) is 3. The summed E-state index contributed by atoms with van der Waals surface area (Å²) >= 11 is 0. The van der Waals surface area contributed by atoms with Gasteiger partial charge in [-0.05, 0) is 85.8 Å². The summed E-state index contributed by atoms with van der Waals surface area (Å²) in [4.78, 5) is 8.82. The van der Waals surface area contributed by atoms with E-state index in [-0.39, 0.29) is 20.1 Å². The van der Waals surface area contributed by atoms with Crippen molar-refractivity contribution in [2.24, 2.45) is 0 Å². The van der Waals surface area contributed by atoms with Gasteiger partial charge in [-0.15, -0.1) is 40.8 Å². The van der Waals surface area contributed by atoms with Crippen LogP contribution in [-0.2, 0) is 20.1 Å². The van der Waals surface area contributed by atoms with Crippen molar-refractivity contribution >= 4 is 43.8 Å². The number of aromatic nitrogens is 2. The number of pyridine rings is 1. The molecule has 0 saturated heterocycles. The topological polar surface area (TPSA) is 23.8 Å². The monoisotopic (exact) mass is 738 g/mol. The average Bonchev–Trinajstić information content (AvgIpc) is 3.72. The maximum absolute atomic E-state index is 4.41. The molecule has 0 bridgehead atoms. The van der Waals surface area contributed by atoms with E-state index in [1.54, 1.807) is 0 Å².